The van der Waals surface area contributed by atoms with Gasteiger partial charge in [0.05, 0.1) is 14.2 Å². The average molecular weight is 819 g/mol. The maximum atomic E-state index is 15.5. The minimum absolute atomic E-state index is 0.0295. The zero-order valence-electron chi connectivity index (χ0n) is 34.2. The molecule has 0 N–H and O–H groups in total. The summed E-state index contributed by atoms with van der Waals surface area (Å²) < 4.78 is 51.4. The molecule has 0 aromatic heterocycles. The zero-order valence-corrected chi connectivity index (χ0v) is 34.2. The average Bonchev–Trinajstić information content (AvgIpc) is 3.23. The minimum atomic E-state index is -1.67. The lowest BCUT2D eigenvalue weighted by Gasteiger charge is -2.31. The van der Waals surface area contributed by atoms with Crippen LogP contribution in [0.15, 0.2) is 85.0 Å². The van der Waals surface area contributed by atoms with Crippen LogP contribution in [0.1, 0.15) is 64.0 Å². The molecule has 0 fully saturated rings. The van der Waals surface area contributed by atoms with Gasteiger partial charge in [-0.25, -0.2) is 33.2 Å². The highest BCUT2D eigenvalue weighted by Crippen LogP contribution is 2.33. The summed E-state index contributed by atoms with van der Waals surface area (Å²) in [5.41, 5.74) is 2.41. The second-order valence-electron chi connectivity index (χ2n) is 14.0. The van der Waals surface area contributed by atoms with Gasteiger partial charge in [-0.05, 0) is 78.8 Å². The monoisotopic (exact) mass is 818 g/mol. The number of carbonyl (C=O) groups excluding carboxylic acids is 6. The van der Waals surface area contributed by atoms with Gasteiger partial charge in [0, 0.05) is 16.7 Å². The van der Waals surface area contributed by atoms with Gasteiger partial charge in [-0.1, -0.05) is 82.2 Å². The molecule has 0 aliphatic heterocycles. The van der Waals surface area contributed by atoms with Gasteiger partial charge < -0.3 is 33.2 Å². The Labute approximate surface area is 343 Å². The van der Waals surface area contributed by atoms with Crippen LogP contribution in [0.4, 0.5) is 4.39 Å². The maximum Gasteiger partial charge on any atom is 0.417 e. The van der Waals surface area contributed by atoms with Crippen molar-refractivity contribution in [2.24, 2.45) is 5.41 Å². The third-order valence-corrected chi connectivity index (χ3v) is 9.02. The molecule has 0 amide bonds. The lowest BCUT2D eigenvalue weighted by molar-refractivity contribution is -0.177. The van der Waals surface area contributed by atoms with E-state index in [0.717, 1.165) is 51.9 Å². The molecule has 0 unspecified atom stereocenters. The molecule has 0 spiro atoms. The van der Waals surface area contributed by atoms with Crippen molar-refractivity contribution in [1.82, 2.24) is 0 Å². The van der Waals surface area contributed by atoms with E-state index in [1.165, 1.54) is 20.3 Å². The molecule has 316 valence electrons. The number of hydrogen-bond acceptors (Lipinski definition) is 13. The number of esters is 6. The fraction of sp³-hybridized carbons (Fsp3) is 0.378. The van der Waals surface area contributed by atoms with E-state index >= 15 is 4.39 Å². The van der Waals surface area contributed by atoms with Gasteiger partial charge in [0.15, 0.2) is 0 Å². The van der Waals surface area contributed by atoms with E-state index in [-0.39, 0.29) is 29.3 Å². The summed E-state index contributed by atoms with van der Waals surface area (Å²) in [6.45, 7) is 9.71. The number of benzene rings is 3. The number of unbranched alkanes of at least 4 members (excludes halogenated alkanes) is 4. The predicted molar refractivity (Wildman–Crippen MR) is 214 cm³/mol. The standard InChI is InChI=1S/C45H51FO13/c1-8-9-10-11-12-13-31-14-20-37(38(46)22-31)33-17-21-36(34(23-33)24-55-39(47)29(2)3)32-15-18-35(19-16-32)56-25-45(26-57-40(48)30(4)5,27-58-43(51)41(49)53-6)28-59-44(52)42(50)54-7/h14-23H,2,4,8-13,24-28H2,1,3,5-7H3. The third kappa shape index (κ3) is 14.5. The molecule has 0 heterocycles. The summed E-state index contributed by atoms with van der Waals surface area (Å²) in [6, 6.07) is 17.2. The topological polar surface area (TPSA) is 167 Å². The molecule has 0 atom stereocenters. The lowest BCUT2D eigenvalue weighted by atomic mass is 9.92. The summed E-state index contributed by atoms with van der Waals surface area (Å²) >= 11 is 0. The van der Waals surface area contributed by atoms with Crippen LogP contribution >= 0.6 is 0 Å². The van der Waals surface area contributed by atoms with Crippen LogP contribution in [0.3, 0.4) is 0 Å². The second-order valence-corrected chi connectivity index (χ2v) is 14.0. The molecule has 0 aliphatic rings. The van der Waals surface area contributed by atoms with Crippen LogP contribution < -0.4 is 4.74 Å². The highest BCUT2D eigenvalue weighted by atomic mass is 19.1. The SMILES string of the molecule is C=C(C)C(=O)OCc1cc(-c2ccc(CCCCCCC)cc2F)ccc1-c1ccc(OCC(COC(=O)C(=C)C)(COC(=O)C(=O)OC)COC(=O)C(=O)OC)cc1. The van der Waals surface area contributed by atoms with Gasteiger partial charge in [-0.15, -0.1) is 0 Å². The number of ether oxygens (including phenoxy) is 7. The normalized spacial score (nSPS) is 10.8. The quantitative estimate of drug-likeness (QED) is 0.0348. The maximum absolute atomic E-state index is 15.5. The fourth-order valence-corrected chi connectivity index (χ4v) is 5.59. The Morgan fingerprint density at radius 3 is 1.66 bits per heavy atom. The van der Waals surface area contributed by atoms with Crippen molar-refractivity contribution < 1.29 is 66.3 Å². The van der Waals surface area contributed by atoms with Crippen molar-refractivity contribution in [2.75, 3.05) is 40.6 Å². The first-order valence-electron chi connectivity index (χ1n) is 18.9. The van der Waals surface area contributed by atoms with Crippen molar-refractivity contribution in [1.29, 1.82) is 0 Å². The van der Waals surface area contributed by atoms with Gasteiger partial charge in [-0.3, -0.25) is 0 Å². The number of rotatable bonds is 21. The van der Waals surface area contributed by atoms with Crippen LogP contribution in [-0.2, 0) is 70.2 Å². The Bertz CT molecular complexity index is 1970. The number of carbonyl (C=O) groups is 6. The van der Waals surface area contributed by atoms with E-state index in [2.05, 4.69) is 29.6 Å². The Morgan fingerprint density at radius 1 is 0.593 bits per heavy atom. The van der Waals surface area contributed by atoms with E-state index in [0.29, 0.717) is 27.8 Å². The van der Waals surface area contributed by atoms with Crippen LogP contribution in [0.2, 0.25) is 0 Å². The summed E-state index contributed by atoms with van der Waals surface area (Å²) in [5.74, 6) is -6.97. The summed E-state index contributed by atoms with van der Waals surface area (Å²) in [5, 5.41) is 0. The molecule has 14 heteroatoms. The zero-order chi connectivity index (χ0) is 43.5. The van der Waals surface area contributed by atoms with E-state index in [9.17, 15) is 28.8 Å². The number of halogens is 1. The van der Waals surface area contributed by atoms with Gasteiger partial charge >= 0.3 is 35.8 Å². The summed E-state index contributed by atoms with van der Waals surface area (Å²) in [4.78, 5) is 72.9. The molecule has 0 radical (unpaired) electrons. The van der Waals surface area contributed by atoms with Crippen molar-refractivity contribution in [3.8, 4) is 28.0 Å². The minimum Gasteiger partial charge on any atom is -0.493 e. The largest absolute Gasteiger partial charge is 0.493 e. The van der Waals surface area contributed by atoms with E-state index < -0.39 is 67.7 Å². The van der Waals surface area contributed by atoms with Gasteiger partial charge in [-0.2, -0.15) is 0 Å². The van der Waals surface area contributed by atoms with Gasteiger partial charge in [0.2, 0.25) is 0 Å². The molecule has 0 aliphatic carbocycles. The van der Waals surface area contributed by atoms with Crippen LogP contribution in [0.5, 0.6) is 5.75 Å². The molecule has 13 nitrogen and oxygen atoms in total. The molecule has 3 aromatic rings. The molecule has 0 bridgehead atoms. The number of methoxy groups -OCH3 is 2. The molecular weight excluding hydrogens is 767 g/mol. The fourth-order valence-electron chi connectivity index (χ4n) is 5.59. The van der Waals surface area contributed by atoms with Crippen LogP contribution in [0, 0.1) is 11.2 Å². The van der Waals surface area contributed by atoms with E-state index in [1.807, 2.05) is 6.07 Å². The van der Waals surface area contributed by atoms with Gasteiger partial charge in [0.25, 0.3) is 0 Å². The van der Waals surface area contributed by atoms with E-state index in [4.69, 9.17) is 23.7 Å². The Hall–Kier alpha value is -6.31. The molecule has 0 saturated heterocycles. The van der Waals surface area contributed by atoms with Crippen LogP contribution in [-0.4, -0.2) is 76.5 Å². The van der Waals surface area contributed by atoms with Crippen molar-refractivity contribution in [3.05, 3.63) is 102 Å². The van der Waals surface area contributed by atoms with E-state index in [1.54, 1.807) is 54.6 Å². The van der Waals surface area contributed by atoms with Crippen molar-refractivity contribution >= 4 is 35.8 Å². The smallest absolute Gasteiger partial charge is 0.417 e. The number of hydrogen-bond donors (Lipinski definition) is 0. The second kappa shape index (κ2) is 23.2. The van der Waals surface area contributed by atoms with Crippen molar-refractivity contribution in [3.63, 3.8) is 0 Å². The van der Waals surface area contributed by atoms with Gasteiger partial charge in [0.1, 0.15) is 50.0 Å². The summed E-state index contributed by atoms with van der Waals surface area (Å²) in [6.07, 6.45) is 6.36. The highest BCUT2D eigenvalue weighted by Gasteiger charge is 2.39. The lowest BCUT2D eigenvalue weighted by Crippen LogP contribution is -2.45. The highest BCUT2D eigenvalue weighted by molar-refractivity contribution is 6.30. The molecule has 0 saturated carbocycles. The molecule has 3 rings (SSSR count). The molecule has 59 heavy (non-hydrogen) atoms. The van der Waals surface area contributed by atoms with Crippen LogP contribution in [0.25, 0.3) is 22.3 Å². The number of aryl methyl sites for hydroxylation is 1. The van der Waals surface area contributed by atoms with Crippen molar-refractivity contribution in [2.45, 2.75) is 65.9 Å². The predicted octanol–water partition coefficient (Wildman–Crippen LogP) is 7.21. The Kier molecular flexibility index (Phi) is 18.5. The summed E-state index contributed by atoms with van der Waals surface area (Å²) in [7, 11) is 1.94. The molecular formula is C45H51FO13. The Morgan fingerprint density at radius 2 is 1.12 bits per heavy atom. The third-order valence-electron chi connectivity index (χ3n) is 9.02. The first-order valence-corrected chi connectivity index (χ1v) is 18.9. The molecule has 3 aromatic carbocycles. The Balaban J connectivity index is 1.93. The first kappa shape index (κ1) is 47.1. The first-order chi connectivity index (χ1) is 28.1.